The van der Waals surface area contributed by atoms with E-state index in [9.17, 15) is 4.79 Å². The van der Waals surface area contributed by atoms with Crippen LogP contribution in [0, 0.1) is 0 Å². The average molecular weight is 399 g/mol. The zero-order valence-electron chi connectivity index (χ0n) is 16.4. The molecule has 0 unspecified atom stereocenters. The van der Waals surface area contributed by atoms with Gasteiger partial charge >= 0.3 is 0 Å². The van der Waals surface area contributed by atoms with Gasteiger partial charge in [-0.2, -0.15) is 0 Å². The third-order valence-corrected chi connectivity index (χ3v) is 4.79. The van der Waals surface area contributed by atoms with E-state index in [4.69, 9.17) is 9.84 Å². The molecule has 0 radical (unpaired) electrons. The van der Waals surface area contributed by atoms with Gasteiger partial charge in [0.1, 0.15) is 11.6 Å². The van der Waals surface area contributed by atoms with Gasteiger partial charge in [0.25, 0.3) is 5.91 Å². The molecule has 0 saturated heterocycles. The fourth-order valence-electron chi connectivity index (χ4n) is 3.06. The first-order valence-electron chi connectivity index (χ1n) is 9.47. The van der Waals surface area contributed by atoms with Crippen LogP contribution in [0.2, 0.25) is 0 Å². The summed E-state index contributed by atoms with van der Waals surface area (Å²) in [6.07, 6.45) is 1.79. The van der Waals surface area contributed by atoms with Crippen LogP contribution in [0.15, 0.2) is 79.0 Å². The third kappa shape index (κ3) is 4.24. The number of nitrogens with zero attached hydrogens (tertiary/aromatic N) is 1. The predicted octanol–water partition coefficient (Wildman–Crippen LogP) is 4.50. The minimum Gasteiger partial charge on any atom is -0.497 e. The minimum atomic E-state index is -0.199. The Morgan fingerprint density at radius 2 is 1.63 bits per heavy atom. The van der Waals surface area contributed by atoms with Crippen molar-refractivity contribution in [3.63, 3.8) is 0 Å². The van der Waals surface area contributed by atoms with Gasteiger partial charge in [-0.05, 0) is 59.7 Å². The first kappa shape index (κ1) is 19.4. The minimum absolute atomic E-state index is 0.0445. The number of imidazole rings is 1. The number of nitrogens with one attached hydrogen (secondary N) is 2. The van der Waals surface area contributed by atoms with E-state index in [0.29, 0.717) is 11.3 Å². The molecule has 0 aliphatic carbocycles. The topological polar surface area (TPSA) is 87.2 Å². The van der Waals surface area contributed by atoms with E-state index in [-0.39, 0.29) is 12.5 Å². The fourth-order valence-corrected chi connectivity index (χ4v) is 3.06. The highest BCUT2D eigenvalue weighted by molar-refractivity contribution is 6.04. The van der Waals surface area contributed by atoms with Crippen LogP contribution in [0.25, 0.3) is 22.6 Å². The third-order valence-electron chi connectivity index (χ3n) is 4.79. The van der Waals surface area contributed by atoms with E-state index in [1.807, 2.05) is 48.5 Å². The molecule has 0 aliphatic heterocycles. The van der Waals surface area contributed by atoms with Gasteiger partial charge in [0, 0.05) is 16.8 Å². The number of benzene rings is 3. The van der Waals surface area contributed by atoms with Gasteiger partial charge in [-0.3, -0.25) is 4.79 Å². The molecule has 1 heterocycles. The number of hydrogen-bond donors (Lipinski definition) is 3. The first-order chi connectivity index (χ1) is 14.7. The quantitative estimate of drug-likeness (QED) is 0.446. The largest absolute Gasteiger partial charge is 0.497 e. The molecule has 6 nitrogen and oxygen atoms in total. The second-order valence-corrected chi connectivity index (χ2v) is 6.76. The molecule has 0 bridgehead atoms. The molecular weight excluding hydrogens is 378 g/mol. The second-order valence-electron chi connectivity index (χ2n) is 6.76. The number of aromatic nitrogens is 2. The number of hydrogen-bond acceptors (Lipinski definition) is 4. The second kappa shape index (κ2) is 8.63. The first-order valence-corrected chi connectivity index (χ1v) is 9.47. The smallest absolute Gasteiger partial charge is 0.255 e. The molecule has 0 spiro atoms. The fraction of sp³-hybridized carbons (Fsp3) is 0.0833. The maximum Gasteiger partial charge on any atom is 0.255 e. The van der Waals surface area contributed by atoms with Gasteiger partial charge in [-0.15, -0.1) is 0 Å². The van der Waals surface area contributed by atoms with Crippen molar-refractivity contribution in [1.29, 1.82) is 0 Å². The van der Waals surface area contributed by atoms with Crippen molar-refractivity contribution in [3.8, 4) is 28.4 Å². The van der Waals surface area contributed by atoms with Crippen LogP contribution in [-0.4, -0.2) is 28.1 Å². The SMILES string of the molecule is COc1ccc(-c2ncc(-c3ccc(NC(=O)c4ccc(CO)cc4)cc3)[nH]2)cc1. The van der Waals surface area contributed by atoms with Crippen LogP contribution in [-0.2, 0) is 6.61 Å². The van der Waals surface area contributed by atoms with Gasteiger partial charge in [-0.1, -0.05) is 24.3 Å². The summed E-state index contributed by atoms with van der Waals surface area (Å²) in [6, 6.07) is 22.1. The Hall–Kier alpha value is -3.90. The van der Waals surface area contributed by atoms with Crippen LogP contribution >= 0.6 is 0 Å². The Balaban J connectivity index is 1.45. The molecule has 3 aromatic carbocycles. The molecule has 0 saturated carbocycles. The van der Waals surface area contributed by atoms with Gasteiger partial charge in [0.05, 0.1) is 25.6 Å². The number of carbonyl (C=O) groups excluding carboxylic acids is 1. The molecule has 3 N–H and O–H groups in total. The highest BCUT2D eigenvalue weighted by Crippen LogP contribution is 2.25. The number of anilines is 1. The van der Waals surface area contributed by atoms with Crippen molar-refractivity contribution in [3.05, 3.63) is 90.1 Å². The van der Waals surface area contributed by atoms with Crippen molar-refractivity contribution in [1.82, 2.24) is 9.97 Å². The molecule has 1 amide bonds. The summed E-state index contributed by atoms with van der Waals surface area (Å²) in [5, 5.41) is 12.0. The van der Waals surface area contributed by atoms with Crippen molar-refractivity contribution >= 4 is 11.6 Å². The lowest BCUT2D eigenvalue weighted by Gasteiger charge is -2.07. The van der Waals surface area contributed by atoms with E-state index >= 15 is 0 Å². The van der Waals surface area contributed by atoms with Crippen molar-refractivity contribution in [2.75, 3.05) is 12.4 Å². The molecule has 150 valence electrons. The number of carbonyl (C=O) groups is 1. The normalized spacial score (nSPS) is 10.6. The highest BCUT2D eigenvalue weighted by atomic mass is 16.5. The standard InChI is InChI=1S/C24H21N3O3/c1-30-21-12-8-18(9-13-21)23-25-14-22(27-23)17-6-10-20(11-7-17)26-24(29)19-4-2-16(15-28)3-5-19/h2-14,28H,15H2,1H3,(H,25,27)(H,26,29). The van der Waals surface area contributed by atoms with Crippen LogP contribution < -0.4 is 10.1 Å². The lowest BCUT2D eigenvalue weighted by molar-refractivity contribution is 0.102. The van der Waals surface area contributed by atoms with Crippen LogP contribution in [0.4, 0.5) is 5.69 Å². The molecule has 6 heteroatoms. The summed E-state index contributed by atoms with van der Waals surface area (Å²) >= 11 is 0. The summed E-state index contributed by atoms with van der Waals surface area (Å²) in [4.78, 5) is 20.2. The Labute approximate surface area is 174 Å². The molecule has 4 rings (SSSR count). The monoisotopic (exact) mass is 399 g/mol. The summed E-state index contributed by atoms with van der Waals surface area (Å²) in [5.74, 6) is 1.37. The van der Waals surface area contributed by atoms with Crippen molar-refractivity contribution in [2.45, 2.75) is 6.61 Å². The molecule has 0 aliphatic rings. The summed E-state index contributed by atoms with van der Waals surface area (Å²) in [6.45, 7) is -0.0445. The Kier molecular flexibility index (Phi) is 5.59. The Bertz CT molecular complexity index is 1130. The number of aliphatic hydroxyl groups is 1. The summed E-state index contributed by atoms with van der Waals surface area (Å²) in [7, 11) is 1.64. The molecule has 0 atom stereocenters. The van der Waals surface area contributed by atoms with Crippen molar-refractivity contribution < 1.29 is 14.6 Å². The number of rotatable bonds is 6. The molecule has 4 aromatic rings. The zero-order chi connectivity index (χ0) is 20.9. The number of ether oxygens (including phenoxy) is 1. The zero-order valence-corrected chi connectivity index (χ0v) is 16.4. The number of H-pyrrole nitrogens is 1. The lowest BCUT2D eigenvalue weighted by atomic mass is 10.1. The van der Waals surface area contributed by atoms with Crippen LogP contribution in [0.5, 0.6) is 5.75 Å². The maximum atomic E-state index is 12.4. The van der Waals surface area contributed by atoms with E-state index in [2.05, 4.69) is 15.3 Å². The summed E-state index contributed by atoms with van der Waals surface area (Å²) < 4.78 is 5.19. The maximum absolute atomic E-state index is 12.4. The Morgan fingerprint density at radius 3 is 2.27 bits per heavy atom. The number of aromatic amines is 1. The molecular formula is C24H21N3O3. The van der Waals surface area contributed by atoms with E-state index < -0.39 is 0 Å². The van der Waals surface area contributed by atoms with Gasteiger partial charge in [0.2, 0.25) is 0 Å². The van der Waals surface area contributed by atoms with Crippen molar-refractivity contribution in [2.24, 2.45) is 0 Å². The predicted molar refractivity (Wildman–Crippen MR) is 116 cm³/mol. The molecule has 1 aromatic heterocycles. The van der Waals surface area contributed by atoms with Crippen LogP contribution in [0.1, 0.15) is 15.9 Å². The molecule has 30 heavy (non-hydrogen) atoms. The van der Waals surface area contributed by atoms with E-state index in [1.165, 1.54) is 0 Å². The van der Waals surface area contributed by atoms with E-state index in [0.717, 1.165) is 34.0 Å². The lowest BCUT2D eigenvalue weighted by Crippen LogP contribution is -2.11. The van der Waals surface area contributed by atoms with Crippen LogP contribution in [0.3, 0.4) is 0 Å². The highest BCUT2D eigenvalue weighted by Gasteiger charge is 2.08. The Morgan fingerprint density at radius 1 is 0.967 bits per heavy atom. The van der Waals surface area contributed by atoms with Gasteiger partial charge < -0.3 is 20.1 Å². The average Bonchev–Trinajstić information content (AvgIpc) is 3.30. The van der Waals surface area contributed by atoms with Gasteiger partial charge in [0.15, 0.2) is 0 Å². The van der Waals surface area contributed by atoms with Gasteiger partial charge in [-0.25, -0.2) is 4.98 Å². The van der Waals surface area contributed by atoms with E-state index in [1.54, 1.807) is 37.6 Å². The summed E-state index contributed by atoms with van der Waals surface area (Å²) in [5.41, 5.74) is 4.83. The number of aliphatic hydroxyl groups excluding tert-OH is 1. The molecule has 0 fully saturated rings. The number of methoxy groups -OCH3 is 1. The number of amides is 1.